The lowest BCUT2D eigenvalue weighted by atomic mass is 10.2. The second-order valence-electron chi connectivity index (χ2n) is 3.47. The minimum absolute atomic E-state index is 0.0321. The molecule has 1 aromatic carbocycles. The highest BCUT2D eigenvalue weighted by atomic mass is 32.1. The van der Waals surface area contributed by atoms with E-state index in [0.29, 0.717) is 11.5 Å². The molecule has 0 fully saturated rings. The summed E-state index contributed by atoms with van der Waals surface area (Å²) >= 11 is 5.02. The molecule has 0 unspecified atom stereocenters. The van der Waals surface area contributed by atoms with Gasteiger partial charge in [-0.3, -0.25) is 4.79 Å². The summed E-state index contributed by atoms with van der Waals surface area (Å²) in [6.07, 6.45) is 2.42. The van der Waals surface area contributed by atoms with Crippen LogP contribution in [0.1, 0.15) is 26.2 Å². The van der Waals surface area contributed by atoms with E-state index in [1.165, 1.54) is 0 Å². The van der Waals surface area contributed by atoms with Gasteiger partial charge in [0.15, 0.2) is 5.11 Å². The number of hydrogen-bond donors (Lipinski definition) is 2. The summed E-state index contributed by atoms with van der Waals surface area (Å²) in [6, 6.07) is 9.52. The molecular weight excluding hydrogens is 220 g/mol. The first-order valence-corrected chi connectivity index (χ1v) is 5.79. The number of amides is 1. The van der Waals surface area contributed by atoms with E-state index in [1.807, 2.05) is 37.3 Å². The van der Waals surface area contributed by atoms with E-state index in [-0.39, 0.29) is 5.91 Å². The minimum Gasteiger partial charge on any atom is -0.332 e. The Morgan fingerprint density at radius 2 is 2.00 bits per heavy atom. The molecule has 0 saturated heterocycles. The van der Waals surface area contributed by atoms with E-state index in [0.717, 1.165) is 18.5 Å². The molecule has 0 spiro atoms. The molecule has 0 aliphatic carbocycles. The number of anilines is 1. The number of carbonyl (C=O) groups excluding carboxylic acids is 1. The van der Waals surface area contributed by atoms with Crippen molar-refractivity contribution in [1.29, 1.82) is 0 Å². The number of carbonyl (C=O) groups is 1. The van der Waals surface area contributed by atoms with Crippen LogP contribution in [0.25, 0.3) is 0 Å². The smallest absolute Gasteiger partial charge is 0.226 e. The van der Waals surface area contributed by atoms with Crippen molar-refractivity contribution >= 4 is 28.9 Å². The van der Waals surface area contributed by atoms with Gasteiger partial charge < -0.3 is 10.6 Å². The number of unbranched alkanes of at least 4 members (excludes halogenated alkanes) is 1. The molecule has 1 aromatic rings. The Morgan fingerprint density at radius 1 is 1.31 bits per heavy atom. The SMILES string of the molecule is CCCCC(=O)NC(=S)Nc1ccccc1. The molecule has 0 bridgehead atoms. The highest BCUT2D eigenvalue weighted by molar-refractivity contribution is 7.80. The van der Waals surface area contributed by atoms with Gasteiger partial charge in [0.2, 0.25) is 5.91 Å². The van der Waals surface area contributed by atoms with E-state index in [4.69, 9.17) is 12.2 Å². The Bertz CT molecular complexity index is 351. The van der Waals surface area contributed by atoms with Crippen LogP contribution in [-0.4, -0.2) is 11.0 Å². The molecule has 1 rings (SSSR count). The maximum atomic E-state index is 11.4. The predicted octanol–water partition coefficient (Wildman–Crippen LogP) is 2.69. The van der Waals surface area contributed by atoms with Crippen molar-refractivity contribution in [2.24, 2.45) is 0 Å². The number of nitrogens with one attached hydrogen (secondary N) is 2. The van der Waals surface area contributed by atoms with Gasteiger partial charge in [-0.05, 0) is 30.8 Å². The summed E-state index contributed by atoms with van der Waals surface area (Å²) in [6.45, 7) is 2.05. The molecule has 3 nitrogen and oxygen atoms in total. The third kappa shape index (κ3) is 4.89. The lowest BCUT2D eigenvalue weighted by molar-refractivity contribution is -0.119. The molecule has 0 aliphatic rings. The van der Waals surface area contributed by atoms with Gasteiger partial charge in [0.05, 0.1) is 0 Å². The fourth-order valence-corrected chi connectivity index (χ4v) is 1.44. The van der Waals surface area contributed by atoms with Gasteiger partial charge in [0.1, 0.15) is 0 Å². The number of hydrogen-bond acceptors (Lipinski definition) is 2. The maximum absolute atomic E-state index is 11.4. The van der Waals surface area contributed by atoms with Crippen LogP contribution < -0.4 is 10.6 Å². The standard InChI is InChI=1S/C12H16N2OS/c1-2-3-9-11(15)14-12(16)13-10-7-5-4-6-8-10/h4-8H,2-3,9H2,1H3,(H2,13,14,15,16). The molecule has 2 N–H and O–H groups in total. The number of para-hydroxylation sites is 1. The lowest BCUT2D eigenvalue weighted by Crippen LogP contribution is -2.33. The normalized spacial score (nSPS) is 9.56. The van der Waals surface area contributed by atoms with Gasteiger partial charge in [-0.1, -0.05) is 31.5 Å². The Balaban J connectivity index is 2.34. The zero-order valence-electron chi connectivity index (χ0n) is 9.32. The highest BCUT2D eigenvalue weighted by Crippen LogP contribution is 2.04. The molecule has 0 aliphatic heterocycles. The van der Waals surface area contributed by atoms with E-state index in [9.17, 15) is 4.79 Å². The molecule has 0 heterocycles. The van der Waals surface area contributed by atoms with Crippen LogP contribution in [0, 0.1) is 0 Å². The van der Waals surface area contributed by atoms with Gasteiger partial charge in [-0.2, -0.15) is 0 Å². The summed E-state index contributed by atoms with van der Waals surface area (Å²) in [7, 11) is 0. The molecule has 0 saturated carbocycles. The third-order valence-corrected chi connectivity index (χ3v) is 2.25. The molecule has 0 atom stereocenters. The van der Waals surface area contributed by atoms with Crippen molar-refractivity contribution in [3.05, 3.63) is 30.3 Å². The van der Waals surface area contributed by atoms with Crippen molar-refractivity contribution in [1.82, 2.24) is 5.32 Å². The first kappa shape index (κ1) is 12.6. The average Bonchev–Trinajstić information content (AvgIpc) is 2.27. The van der Waals surface area contributed by atoms with Gasteiger partial charge in [0.25, 0.3) is 0 Å². The first-order chi connectivity index (χ1) is 7.72. The van der Waals surface area contributed by atoms with Crippen molar-refractivity contribution in [3.63, 3.8) is 0 Å². The van der Waals surface area contributed by atoms with E-state index < -0.39 is 0 Å². The van der Waals surface area contributed by atoms with Crippen molar-refractivity contribution in [2.75, 3.05) is 5.32 Å². The Morgan fingerprint density at radius 3 is 2.62 bits per heavy atom. The van der Waals surface area contributed by atoms with Crippen LogP contribution in [0.4, 0.5) is 5.69 Å². The van der Waals surface area contributed by atoms with Gasteiger partial charge in [-0.25, -0.2) is 0 Å². The Hall–Kier alpha value is -1.42. The Kier molecular flexibility index (Phi) is 5.50. The third-order valence-electron chi connectivity index (χ3n) is 2.04. The summed E-state index contributed by atoms with van der Waals surface area (Å²) in [4.78, 5) is 11.4. The molecule has 86 valence electrons. The topological polar surface area (TPSA) is 41.1 Å². The predicted molar refractivity (Wildman–Crippen MR) is 70.3 cm³/mol. The second kappa shape index (κ2) is 6.95. The van der Waals surface area contributed by atoms with E-state index in [1.54, 1.807) is 0 Å². The van der Waals surface area contributed by atoms with Crippen molar-refractivity contribution in [2.45, 2.75) is 26.2 Å². The fraction of sp³-hybridized carbons (Fsp3) is 0.333. The average molecular weight is 236 g/mol. The van der Waals surface area contributed by atoms with Crippen LogP contribution in [-0.2, 0) is 4.79 Å². The second-order valence-corrected chi connectivity index (χ2v) is 3.88. The molecule has 0 radical (unpaired) electrons. The number of rotatable bonds is 4. The number of thiocarbonyl (C=S) groups is 1. The van der Waals surface area contributed by atoms with Gasteiger partial charge >= 0.3 is 0 Å². The van der Waals surface area contributed by atoms with Crippen LogP contribution in [0.5, 0.6) is 0 Å². The number of benzene rings is 1. The molecule has 16 heavy (non-hydrogen) atoms. The molecule has 1 amide bonds. The van der Waals surface area contributed by atoms with Crippen LogP contribution in [0.2, 0.25) is 0 Å². The molecule has 0 aromatic heterocycles. The zero-order valence-corrected chi connectivity index (χ0v) is 10.1. The van der Waals surface area contributed by atoms with Crippen molar-refractivity contribution < 1.29 is 4.79 Å². The summed E-state index contributed by atoms with van der Waals surface area (Å²) < 4.78 is 0. The summed E-state index contributed by atoms with van der Waals surface area (Å²) in [5.74, 6) is -0.0321. The first-order valence-electron chi connectivity index (χ1n) is 5.38. The lowest BCUT2D eigenvalue weighted by Gasteiger charge is -2.08. The molecule has 4 heteroatoms. The van der Waals surface area contributed by atoms with Gasteiger partial charge in [-0.15, -0.1) is 0 Å². The fourth-order valence-electron chi connectivity index (χ4n) is 1.21. The molecular formula is C12H16N2OS. The maximum Gasteiger partial charge on any atom is 0.226 e. The monoisotopic (exact) mass is 236 g/mol. The largest absolute Gasteiger partial charge is 0.332 e. The Labute approximate surface area is 101 Å². The quantitative estimate of drug-likeness (QED) is 0.790. The zero-order chi connectivity index (χ0) is 11.8. The minimum atomic E-state index is -0.0321. The highest BCUT2D eigenvalue weighted by Gasteiger charge is 2.03. The van der Waals surface area contributed by atoms with Crippen LogP contribution in [0.15, 0.2) is 30.3 Å². The van der Waals surface area contributed by atoms with Crippen LogP contribution >= 0.6 is 12.2 Å². The van der Waals surface area contributed by atoms with Crippen LogP contribution in [0.3, 0.4) is 0 Å². The van der Waals surface area contributed by atoms with E-state index in [2.05, 4.69) is 10.6 Å². The van der Waals surface area contributed by atoms with Crippen molar-refractivity contribution in [3.8, 4) is 0 Å². The summed E-state index contributed by atoms with van der Waals surface area (Å²) in [5, 5.41) is 5.95. The van der Waals surface area contributed by atoms with Gasteiger partial charge in [0, 0.05) is 12.1 Å². The summed E-state index contributed by atoms with van der Waals surface area (Å²) in [5.41, 5.74) is 0.878. The van der Waals surface area contributed by atoms with E-state index >= 15 is 0 Å².